The van der Waals surface area contributed by atoms with Crippen molar-refractivity contribution in [3.63, 3.8) is 0 Å². The van der Waals surface area contributed by atoms with Crippen molar-refractivity contribution in [1.29, 1.82) is 0 Å². The smallest absolute Gasteiger partial charge is 0.126 e. The van der Waals surface area contributed by atoms with Crippen molar-refractivity contribution in [2.45, 2.75) is 25.9 Å². The molecule has 0 radical (unpaired) electrons. The van der Waals surface area contributed by atoms with E-state index in [2.05, 4.69) is 26.3 Å². The van der Waals surface area contributed by atoms with Gasteiger partial charge in [-0.2, -0.15) is 5.10 Å². The maximum atomic E-state index is 13.4. The van der Waals surface area contributed by atoms with Gasteiger partial charge in [-0.25, -0.2) is 8.78 Å². The second kappa shape index (κ2) is 6.01. The van der Waals surface area contributed by atoms with Gasteiger partial charge >= 0.3 is 0 Å². The van der Waals surface area contributed by atoms with Crippen LogP contribution in [0.1, 0.15) is 37.2 Å². The van der Waals surface area contributed by atoms with Crippen LogP contribution in [0.5, 0.6) is 0 Å². The Morgan fingerprint density at radius 1 is 1.20 bits per heavy atom. The third kappa shape index (κ3) is 2.91. The topological polar surface area (TPSA) is 29.9 Å². The monoisotopic (exact) mass is 343 g/mol. The molecule has 0 saturated carbocycles. The van der Waals surface area contributed by atoms with Gasteiger partial charge in [0.05, 0.1) is 22.4 Å². The van der Waals surface area contributed by atoms with Crippen molar-refractivity contribution < 1.29 is 8.78 Å². The van der Waals surface area contributed by atoms with E-state index in [1.165, 1.54) is 12.1 Å². The highest BCUT2D eigenvalue weighted by molar-refractivity contribution is 9.10. The molecule has 0 fully saturated rings. The van der Waals surface area contributed by atoms with Crippen molar-refractivity contribution in [3.8, 4) is 0 Å². The fourth-order valence-corrected chi connectivity index (χ4v) is 2.74. The summed E-state index contributed by atoms with van der Waals surface area (Å²) in [4.78, 5) is 0. The van der Waals surface area contributed by atoms with Crippen molar-refractivity contribution in [2.24, 2.45) is 0 Å². The first-order valence-corrected chi connectivity index (χ1v) is 7.09. The lowest BCUT2D eigenvalue weighted by Gasteiger charge is -2.21. The molecule has 6 heteroatoms. The van der Waals surface area contributed by atoms with Crippen LogP contribution in [0.2, 0.25) is 0 Å². The van der Waals surface area contributed by atoms with Gasteiger partial charge in [-0.3, -0.25) is 4.68 Å². The first kappa shape index (κ1) is 15.1. The summed E-state index contributed by atoms with van der Waals surface area (Å²) in [5, 5.41) is 7.38. The van der Waals surface area contributed by atoms with Gasteiger partial charge in [0, 0.05) is 12.1 Å². The molecule has 1 heterocycles. The predicted molar refractivity (Wildman–Crippen MR) is 77.6 cm³/mol. The average Bonchev–Trinajstić information content (AvgIpc) is 2.72. The van der Waals surface area contributed by atoms with E-state index in [1.807, 2.05) is 18.5 Å². The Balaban J connectivity index is 2.55. The van der Waals surface area contributed by atoms with Gasteiger partial charge in [0.2, 0.25) is 0 Å². The van der Waals surface area contributed by atoms with E-state index in [4.69, 9.17) is 0 Å². The molecule has 2 aromatic rings. The highest BCUT2D eigenvalue weighted by atomic mass is 79.9. The predicted octanol–water partition coefficient (Wildman–Crippen LogP) is 3.81. The van der Waals surface area contributed by atoms with E-state index < -0.39 is 11.6 Å². The Kier molecular flexibility index (Phi) is 4.55. The number of hydrogen-bond acceptors (Lipinski definition) is 2. The molecular formula is C14H16BrF2N3. The fourth-order valence-electron chi connectivity index (χ4n) is 2.24. The third-order valence-electron chi connectivity index (χ3n) is 3.06. The molecule has 0 saturated heterocycles. The quantitative estimate of drug-likeness (QED) is 0.914. The van der Waals surface area contributed by atoms with E-state index in [9.17, 15) is 8.78 Å². The molecule has 2 rings (SSSR count). The lowest BCUT2D eigenvalue weighted by molar-refractivity contribution is 0.480. The minimum atomic E-state index is -0.591. The molecule has 0 spiro atoms. The van der Waals surface area contributed by atoms with Gasteiger partial charge < -0.3 is 5.32 Å². The van der Waals surface area contributed by atoms with Gasteiger partial charge in [-0.15, -0.1) is 0 Å². The average molecular weight is 344 g/mol. The van der Waals surface area contributed by atoms with Crippen LogP contribution in [0.15, 0.2) is 28.9 Å². The molecule has 1 aromatic heterocycles. The van der Waals surface area contributed by atoms with E-state index in [1.54, 1.807) is 13.2 Å². The van der Waals surface area contributed by atoms with Crippen LogP contribution in [-0.2, 0) is 0 Å². The summed E-state index contributed by atoms with van der Waals surface area (Å²) < 4.78 is 29.5. The maximum absolute atomic E-state index is 13.4. The Morgan fingerprint density at radius 2 is 1.80 bits per heavy atom. The molecular weight excluding hydrogens is 328 g/mol. The fraction of sp³-hybridized carbons (Fsp3) is 0.357. The van der Waals surface area contributed by atoms with Crippen molar-refractivity contribution in [3.05, 3.63) is 51.8 Å². The molecule has 0 aliphatic rings. The molecule has 0 aliphatic heterocycles. The number of nitrogens with zero attached hydrogens (tertiary/aromatic N) is 2. The summed E-state index contributed by atoms with van der Waals surface area (Å²) in [6, 6.07) is 3.32. The Bertz CT molecular complexity index is 590. The number of nitrogens with one attached hydrogen (secondary N) is 1. The minimum Gasteiger partial charge on any atom is -0.308 e. The lowest BCUT2D eigenvalue weighted by Crippen LogP contribution is -2.23. The molecule has 1 unspecified atom stereocenters. The van der Waals surface area contributed by atoms with Crippen LogP contribution < -0.4 is 5.32 Å². The summed E-state index contributed by atoms with van der Waals surface area (Å²) in [5.74, 6) is -1.18. The second-order valence-electron chi connectivity index (χ2n) is 4.84. The molecule has 20 heavy (non-hydrogen) atoms. The van der Waals surface area contributed by atoms with E-state index >= 15 is 0 Å². The molecule has 3 nitrogen and oxygen atoms in total. The Hall–Kier alpha value is -1.27. The van der Waals surface area contributed by atoms with Gasteiger partial charge in [0.1, 0.15) is 11.6 Å². The van der Waals surface area contributed by atoms with Crippen molar-refractivity contribution >= 4 is 15.9 Å². The van der Waals surface area contributed by atoms with E-state index in [0.717, 1.165) is 16.2 Å². The zero-order valence-electron chi connectivity index (χ0n) is 11.5. The Labute approximate surface area is 125 Å². The summed E-state index contributed by atoms with van der Waals surface area (Å²) >= 11 is 3.45. The van der Waals surface area contributed by atoms with Crippen molar-refractivity contribution in [2.75, 3.05) is 7.05 Å². The van der Waals surface area contributed by atoms with Gasteiger partial charge in [-0.1, -0.05) is 0 Å². The van der Waals surface area contributed by atoms with Crippen LogP contribution in [0.4, 0.5) is 8.78 Å². The van der Waals surface area contributed by atoms with Crippen LogP contribution in [0.25, 0.3) is 0 Å². The van der Waals surface area contributed by atoms with Crippen LogP contribution in [0, 0.1) is 11.6 Å². The number of aromatic nitrogens is 2. The Morgan fingerprint density at radius 3 is 2.30 bits per heavy atom. The summed E-state index contributed by atoms with van der Waals surface area (Å²) in [6.07, 6.45) is 1.69. The molecule has 1 atom stereocenters. The minimum absolute atomic E-state index is 0.144. The lowest BCUT2D eigenvalue weighted by atomic mass is 10.0. The van der Waals surface area contributed by atoms with Crippen LogP contribution in [-0.4, -0.2) is 16.8 Å². The number of benzene rings is 1. The molecule has 108 valence electrons. The first-order valence-electron chi connectivity index (χ1n) is 6.30. The molecule has 1 aromatic carbocycles. The third-order valence-corrected chi connectivity index (χ3v) is 3.67. The standard InChI is InChI=1S/C14H16BrF2N3/c1-8(2)20-14(12(15)7-19-20)13(18-3)9-4-10(16)6-11(17)5-9/h4-8,13,18H,1-3H3. The number of halogens is 3. The SMILES string of the molecule is CNC(c1cc(F)cc(F)c1)c1c(Br)cnn1C(C)C. The molecule has 0 bridgehead atoms. The van der Waals surface area contributed by atoms with Gasteiger partial charge in [-0.05, 0) is 54.5 Å². The van der Waals surface area contributed by atoms with E-state index in [0.29, 0.717) is 5.56 Å². The highest BCUT2D eigenvalue weighted by Crippen LogP contribution is 2.30. The molecule has 0 amide bonds. The summed E-state index contributed by atoms with van der Waals surface area (Å²) in [7, 11) is 1.75. The molecule has 1 N–H and O–H groups in total. The van der Waals surface area contributed by atoms with E-state index in [-0.39, 0.29) is 12.1 Å². The van der Waals surface area contributed by atoms with Gasteiger partial charge in [0.25, 0.3) is 0 Å². The highest BCUT2D eigenvalue weighted by Gasteiger charge is 2.22. The maximum Gasteiger partial charge on any atom is 0.126 e. The zero-order chi connectivity index (χ0) is 14.9. The largest absolute Gasteiger partial charge is 0.308 e. The first-order chi connectivity index (χ1) is 9.43. The van der Waals surface area contributed by atoms with Crippen molar-refractivity contribution in [1.82, 2.24) is 15.1 Å². The zero-order valence-corrected chi connectivity index (χ0v) is 13.1. The number of hydrogen-bond donors (Lipinski definition) is 1. The van der Waals surface area contributed by atoms with Crippen LogP contribution in [0.3, 0.4) is 0 Å². The molecule has 0 aliphatic carbocycles. The van der Waals surface area contributed by atoms with Crippen LogP contribution >= 0.6 is 15.9 Å². The normalized spacial score (nSPS) is 12.9. The number of rotatable bonds is 4. The summed E-state index contributed by atoms with van der Waals surface area (Å²) in [6.45, 7) is 4.00. The van der Waals surface area contributed by atoms with Gasteiger partial charge in [0.15, 0.2) is 0 Å². The summed E-state index contributed by atoms with van der Waals surface area (Å²) in [5.41, 5.74) is 1.36. The second-order valence-corrected chi connectivity index (χ2v) is 5.69.